The first-order valence-corrected chi connectivity index (χ1v) is 11.6. The number of aryl methyl sites for hydroxylation is 1. The van der Waals surface area contributed by atoms with Crippen LogP contribution in [0.4, 0.5) is 10.5 Å². The van der Waals surface area contributed by atoms with Crippen LogP contribution >= 0.6 is 23.2 Å². The summed E-state index contributed by atoms with van der Waals surface area (Å²) in [5.74, 6) is -0.101. The second-order valence-corrected chi connectivity index (χ2v) is 9.08. The van der Waals surface area contributed by atoms with Gasteiger partial charge < -0.3 is 19.7 Å². The zero-order valence-corrected chi connectivity index (χ0v) is 19.9. The molecule has 0 atom stereocenters. The number of halogens is 2. The van der Waals surface area contributed by atoms with Crippen LogP contribution in [0.1, 0.15) is 24.1 Å². The lowest BCUT2D eigenvalue weighted by atomic mass is 10.2. The van der Waals surface area contributed by atoms with Crippen LogP contribution in [0.5, 0.6) is 0 Å². The zero-order valence-electron chi connectivity index (χ0n) is 18.4. The predicted octanol–water partition coefficient (Wildman–Crippen LogP) is 5.56. The molecule has 1 fully saturated rings. The van der Waals surface area contributed by atoms with Crippen LogP contribution in [0.15, 0.2) is 66.9 Å². The first-order valence-electron chi connectivity index (χ1n) is 10.9. The Bertz CT molecular complexity index is 1130. The van der Waals surface area contributed by atoms with Crippen LogP contribution in [0.25, 0.3) is 0 Å². The van der Waals surface area contributed by atoms with E-state index >= 15 is 0 Å². The number of hydrogen-bond donors (Lipinski definition) is 1. The van der Waals surface area contributed by atoms with Crippen molar-refractivity contribution >= 4 is 40.8 Å². The van der Waals surface area contributed by atoms with Crippen molar-refractivity contribution in [1.82, 2.24) is 14.4 Å². The van der Waals surface area contributed by atoms with Crippen LogP contribution in [0, 0.1) is 0 Å². The van der Waals surface area contributed by atoms with Gasteiger partial charge in [0.2, 0.25) is 5.91 Å². The largest absolute Gasteiger partial charge is 0.353 e. The molecule has 1 aliphatic rings. The van der Waals surface area contributed by atoms with Crippen molar-refractivity contribution in [3.05, 3.63) is 88.2 Å². The van der Waals surface area contributed by atoms with Crippen molar-refractivity contribution in [2.75, 3.05) is 11.9 Å². The second kappa shape index (κ2) is 10.3. The van der Waals surface area contributed by atoms with Gasteiger partial charge >= 0.3 is 6.03 Å². The average molecular weight is 485 g/mol. The smallest absolute Gasteiger partial charge is 0.322 e. The Balaban J connectivity index is 1.49. The molecule has 1 aromatic heterocycles. The Kier molecular flexibility index (Phi) is 7.26. The Hall–Kier alpha value is -2.96. The molecule has 0 radical (unpaired) electrons. The van der Waals surface area contributed by atoms with E-state index in [-0.39, 0.29) is 24.5 Å². The van der Waals surface area contributed by atoms with E-state index in [0.717, 1.165) is 24.1 Å². The molecule has 4 rings (SSSR count). The van der Waals surface area contributed by atoms with Crippen LogP contribution in [0.3, 0.4) is 0 Å². The number of hydrogen-bond acceptors (Lipinski definition) is 2. The fourth-order valence-corrected chi connectivity index (χ4v) is 3.96. The monoisotopic (exact) mass is 484 g/mol. The van der Waals surface area contributed by atoms with Crippen LogP contribution in [-0.4, -0.2) is 38.9 Å². The fraction of sp³-hybridized carbons (Fsp3) is 0.280. The molecule has 8 heteroatoms. The van der Waals surface area contributed by atoms with Gasteiger partial charge in [-0.15, -0.1) is 0 Å². The summed E-state index contributed by atoms with van der Waals surface area (Å²) in [7, 11) is 1.96. The van der Waals surface area contributed by atoms with Gasteiger partial charge in [0.25, 0.3) is 0 Å². The van der Waals surface area contributed by atoms with Gasteiger partial charge in [-0.25, -0.2) is 4.79 Å². The summed E-state index contributed by atoms with van der Waals surface area (Å²) >= 11 is 12.0. The molecule has 0 unspecified atom stereocenters. The van der Waals surface area contributed by atoms with Gasteiger partial charge in [0.15, 0.2) is 0 Å². The highest BCUT2D eigenvalue weighted by Gasteiger charge is 2.35. The van der Waals surface area contributed by atoms with E-state index in [0.29, 0.717) is 28.8 Å². The highest BCUT2D eigenvalue weighted by molar-refractivity contribution is 6.42. The van der Waals surface area contributed by atoms with Gasteiger partial charge in [-0.3, -0.25) is 4.79 Å². The quantitative estimate of drug-likeness (QED) is 0.455. The van der Waals surface area contributed by atoms with Gasteiger partial charge in [-0.05, 0) is 48.7 Å². The van der Waals surface area contributed by atoms with E-state index < -0.39 is 0 Å². The number of nitrogens with zero attached hydrogens (tertiary/aromatic N) is 3. The van der Waals surface area contributed by atoms with Crippen molar-refractivity contribution in [3.8, 4) is 0 Å². The Morgan fingerprint density at radius 3 is 2.39 bits per heavy atom. The van der Waals surface area contributed by atoms with E-state index in [1.165, 1.54) is 0 Å². The van der Waals surface area contributed by atoms with E-state index in [4.69, 9.17) is 23.2 Å². The number of nitrogens with one attached hydrogen (secondary N) is 1. The number of benzene rings is 2. The third-order valence-corrected chi connectivity index (χ3v) is 6.44. The lowest BCUT2D eigenvalue weighted by molar-refractivity contribution is -0.133. The van der Waals surface area contributed by atoms with E-state index in [2.05, 4.69) is 5.32 Å². The summed E-state index contributed by atoms with van der Waals surface area (Å²) in [6.07, 6.45) is 3.73. The molecular weight excluding hydrogens is 459 g/mol. The molecule has 1 heterocycles. The van der Waals surface area contributed by atoms with Gasteiger partial charge in [0.05, 0.1) is 16.6 Å². The van der Waals surface area contributed by atoms with Crippen molar-refractivity contribution in [3.63, 3.8) is 0 Å². The molecule has 1 aliphatic carbocycles. The first kappa shape index (κ1) is 23.2. The molecule has 33 heavy (non-hydrogen) atoms. The molecule has 0 saturated heterocycles. The number of amides is 3. The maximum Gasteiger partial charge on any atom is 0.322 e. The first-order chi connectivity index (χ1) is 15.9. The minimum atomic E-state index is -0.317. The second-order valence-electron chi connectivity index (χ2n) is 8.26. The van der Waals surface area contributed by atoms with E-state index in [9.17, 15) is 9.59 Å². The minimum absolute atomic E-state index is 0.00901. The number of carbonyl (C=O) groups is 2. The minimum Gasteiger partial charge on any atom is -0.353 e. The van der Waals surface area contributed by atoms with Crippen molar-refractivity contribution < 1.29 is 9.59 Å². The summed E-state index contributed by atoms with van der Waals surface area (Å²) in [4.78, 5) is 29.9. The summed E-state index contributed by atoms with van der Waals surface area (Å²) in [6.45, 7) is 0.941. The van der Waals surface area contributed by atoms with Crippen LogP contribution < -0.4 is 5.32 Å². The van der Waals surface area contributed by atoms with Crippen molar-refractivity contribution in [2.24, 2.45) is 7.05 Å². The summed E-state index contributed by atoms with van der Waals surface area (Å²) in [5, 5.41) is 3.63. The van der Waals surface area contributed by atoms with Crippen molar-refractivity contribution in [2.45, 2.75) is 32.0 Å². The molecule has 3 aromatic rings. The molecule has 0 spiro atoms. The molecule has 0 aliphatic heterocycles. The number of rotatable bonds is 8. The molecule has 0 bridgehead atoms. The average Bonchev–Trinajstić information content (AvgIpc) is 3.56. The zero-order chi connectivity index (χ0) is 23.4. The normalized spacial score (nSPS) is 12.9. The lowest BCUT2D eigenvalue weighted by Gasteiger charge is -2.28. The predicted molar refractivity (Wildman–Crippen MR) is 131 cm³/mol. The summed E-state index contributed by atoms with van der Waals surface area (Å²) in [6, 6.07) is 18.5. The molecule has 6 nitrogen and oxygen atoms in total. The SMILES string of the molecule is Cn1cccc1CN(Cc1ccccc1)C(=O)CN(C(=O)Nc1ccc(Cl)c(Cl)c1)C1CC1. The van der Waals surface area contributed by atoms with Gasteiger partial charge in [-0.2, -0.15) is 0 Å². The molecule has 2 aromatic carbocycles. The number of aromatic nitrogens is 1. The van der Waals surface area contributed by atoms with Crippen LogP contribution in [0.2, 0.25) is 10.0 Å². The fourth-order valence-electron chi connectivity index (χ4n) is 3.66. The topological polar surface area (TPSA) is 57.6 Å². The van der Waals surface area contributed by atoms with E-state index in [1.807, 2.05) is 60.3 Å². The number of carbonyl (C=O) groups excluding carboxylic acids is 2. The number of anilines is 1. The Morgan fingerprint density at radius 1 is 1.00 bits per heavy atom. The Labute approximate surface area is 203 Å². The third-order valence-electron chi connectivity index (χ3n) is 5.70. The lowest BCUT2D eigenvalue weighted by Crippen LogP contribution is -2.45. The highest BCUT2D eigenvalue weighted by Crippen LogP contribution is 2.29. The van der Waals surface area contributed by atoms with E-state index in [1.54, 1.807) is 28.0 Å². The highest BCUT2D eigenvalue weighted by atomic mass is 35.5. The molecule has 3 amide bonds. The van der Waals surface area contributed by atoms with Gasteiger partial charge in [-0.1, -0.05) is 53.5 Å². The van der Waals surface area contributed by atoms with Gasteiger partial charge in [0.1, 0.15) is 6.54 Å². The maximum atomic E-state index is 13.4. The standard InChI is InChI=1S/C25H26Cl2N4O2/c1-29-13-5-8-21(29)16-30(15-18-6-3-2-4-7-18)24(32)17-31(20-10-11-20)25(33)28-19-9-12-22(26)23(27)14-19/h2-9,12-14,20H,10-11,15-17H2,1H3,(H,28,33). The molecule has 172 valence electrons. The maximum absolute atomic E-state index is 13.4. The molecular formula is C25H26Cl2N4O2. The summed E-state index contributed by atoms with van der Waals surface area (Å²) < 4.78 is 2.00. The van der Waals surface area contributed by atoms with Crippen LogP contribution in [-0.2, 0) is 24.9 Å². The van der Waals surface area contributed by atoms with Crippen molar-refractivity contribution in [1.29, 1.82) is 0 Å². The molecule has 1 N–H and O–H groups in total. The molecule has 1 saturated carbocycles. The Morgan fingerprint density at radius 2 is 1.76 bits per heavy atom. The number of urea groups is 1. The summed E-state index contributed by atoms with van der Waals surface area (Å²) in [5.41, 5.74) is 2.60. The van der Waals surface area contributed by atoms with Gasteiger partial charge in [0, 0.05) is 37.2 Å². The third kappa shape index (κ3) is 6.09.